The van der Waals surface area contributed by atoms with Gasteiger partial charge in [0.2, 0.25) is 0 Å². The summed E-state index contributed by atoms with van der Waals surface area (Å²) in [6, 6.07) is 8.11. The monoisotopic (exact) mass is 232 g/mol. The fourth-order valence-electron chi connectivity index (χ4n) is 1.46. The van der Waals surface area contributed by atoms with Crippen molar-refractivity contribution in [3.63, 3.8) is 0 Å². The molecule has 0 spiro atoms. The Balaban J connectivity index is 2.06. The summed E-state index contributed by atoms with van der Waals surface area (Å²) in [5.74, 6) is 0.0259. The van der Waals surface area contributed by atoms with Crippen LogP contribution in [0.15, 0.2) is 30.5 Å². The van der Waals surface area contributed by atoms with E-state index in [2.05, 4.69) is 27.8 Å². The Kier molecular flexibility index (Phi) is 3.41. The SMILES string of the molecule is CCc1ccc(CC(=O)c2cnsn2)cc1. The molecule has 4 heteroatoms. The van der Waals surface area contributed by atoms with E-state index in [1.165, 1.54) is 11.8 Å². The topological polar surface area (TPSA) is 42.9 Å². The van der Waals surface area contributed by atoms with E-state index in [0.29, 0.717) is 12.1 Å². The molecule has 2 aromatic rings. The number of carbonyl (C=O) groups is 1. The number of hydrogen-bond donors (Lipinski definition) is 0. The minimum atomic E-state index is 0.0259. The maximum absolute atomic E-state index is 11.7. The van der Waals surface area contributed by atoms with Crippen molar-refractivity contribution in [2.75, 3.05) is 0 Å². The predicted molar refractivity (Wildman–Crippen MR) is 63.8 cm³/mol. The minimum Gasteiger partial charge on any atom is -0.292 e. The van der Waals surface area contributed by atoms with E-state index < -0.39 is 0 Å². The van der Waals surface area contributed by atoms with Gasteiger partial charge in [0, 0.05) is 6.42 Å². The smallest absolute Gasteiger partial charge is 0.188 e. The van der Waals surface area contributed by atoms with E-state index in [1.54, 1.807) is 0 Å². The molecule has 0 saturated heterocycles. The fraction of sp³-hybridized carbons (Fsp3) is 0.250. The van der Waals surface area contributed by atoms with Gasteiger partial charge in [0.25, 0.3) is 0 Å². The second kappa shape index (κ2) is 4.99. The Morgan fingerprint density at radius 2 is 1.94 bits per heavy atom. The number of nitrogens with zero attached hydrogens (tertiary/aromatic N) is 2. The highest BCUT2D eigenvalue weighted by Crippen LogP contribution is 2.08. The van der Waals surface area contributed by atoms with Gasteiger partial charge in [-0.2, -0.15) is 8.75 Å². The molecule has 3 nitrogen and oxygen atoms in total. The second-order valence-corrected chi connectivity index (χ2v) is 4.12. The lowest BCUT2D eigenvalue weighted by Crippen LogP contribution is -2.03. The maximum Gasteiger partial charge on any atom is 0.188 e. The van der Waals surface area contributed by atoms with Gasteiger partial charge in [0.15, 0.2) is 5.78 Å². The number of rotatable bonds is 4. The van der Waals surface area contributed by atoms with Crippen molar-refractivity contribution in [3.8, 4) is 0 Å². The van der Waals surface area contributed by atoms with Crippen LogP contribution in [-0.2, 0) is 12.8 Å². The fourth-order valence-corrected chi connectivity index (χ4v) is 1.89. The van der Waals surface area contributed by atoms with Crippen molar-refractivity contribution in [1.82, 2.24) is 8.75 Å². The Hall–Kier alpha value is -1.55. The number of carbonyl (C=O) groups excluding carboxylic acids is 1. The first-order chi connectivity index (χ1) is 7.79. The Morgan fingerprint density at radius 3 is 2.50 bits per heavy atom. The first kappa shape index (κ1) is 11.0. The average Bonchev–Trinajstić information content (AvgIpc) is 2.83. The largest absolute Gasteiger partial charge is 0.292 e. The number of ketones is 1. The van der Waals surface area contributed by atoms with Gasteiger partial charge in [-0.1, -0.05) is 31.2 Å². The van der Waals surface area contributed by atoms with Gasteiger partial charge in [-0.15, -0.1) is 0 Å². The number of aryl methyl sites for hydroxylation is 1. The molecule has 0 fully saturated rings. The second-order valence-electron chi connectivity index (χ2n) is 3.56. The van der Waals surface area contributed by atoms with Crippen LogP contribution in [-0.4, -0.2) is 14.5 Å². The third-order valence-corrected chi connectivity index (χ3v) is 2.92. The molecule has 0 saturated carbocycles. The Morgan fingerprint density at radius 1 is 1.25 bits per heavy atom. The lowest BCUT2D eigenvalue weighted by atomic mass is 10.0. The molecule has 0 aliphatic carbocycles. The molecule has 0 radical (unpaired) electrons. The van der Waals surface area contributed by atoms with Gasteiger partial charge in [-0.25, -0.2) is 0 Å². The lowest BCUT2D eigenvalue weighted by molar-refractivity contribution is 0.0989. The summed E-state index contributed by atoms with van der Waals surface area (Å²) in [4.78, 5) is 11.7. The molecule has 0 amide bonds. The van der Waals surface area contributed by atoms with Crippen molar-refractivity contribution >= 4 is 17.5 Å². The third kappa shape index (κ3) is 2.52. The highest BCUT2D eigenvalue weighted by atomic mass is 32.1. The molecule has 0 N–H and O–H groups in total. The number of aromatic nitrogens is 2. The van der Waals surface area contributed by atoms with Crippen LogP contribution in [0.1, 0.15) is 28.5 Å². The number of hydrogen-bond acceptors (Lipinski definition) is 4. The van der Waals surface area contributed by atoms with Gasteiger partial charge in [0.1, 0.15) is 5.69 Å². The molecule has 0 aliphatic heterocycles. The Labute approximate surface area is 98.5 Å². The summed E-state index contributed by atoms with van der Waals surface area (Å²) < 4.78 is 7.75. The van der Waals surface area contributed by atoms with E-state index in [-0.39, 0.29) is 5.78 Å². The molecule has 0 bridgehead atoms. The Bertz CT molecular complexity index is 462. The van der Waals surface area contributed by atoms with Crippen LogP contribution < -0.4 is 0 Å². The average molecular weight is 232 g/mol. The highest BCUT2D eigenvalue weighted by Gasteiger charge is 2.09. The molecule has 0 unspecified atom stereocenters. The zero-order valence-corrected chi connectivity index (χ0v) is 9.83. The molecular formula is C12H12N2OS. The lowest BCUT2D eigenvalue weighted by Gasteiger charge is -2.00. The minimum absolute atomic E-state index is 0.0259. The van der Waals surface area contributed by atoms with Crippen LogP contribution in [0.25, 0.3) is 0 Å². The van der Waals surface area contributed by atoms with Crippen LogP contribution >= 0.6 is 11.7 Å². The van der Waals surface area contributed by atoms with Crippen LogP contribution in [0.2, 0.25) is 0 Å². The molecular weight excluding hydrogens is 220 g/mol. The first-order valence-corrected chi connectivity index (χ1v) is 5.91. The molecule has 0 atom stereocenters. The molecule has 1 aromatic heterocycles. The first-order valence-electron chi connectivity index (χ1n) is 5.18. The van der Waals surface area contributed by atoms with E-state index in [0.717, 1.165) is 23.7 Å². The number of Topliss-reactive ketones (excluding diaryl/α,β-unsaturated/α-hetero) is 1. The van der Waals surface area contributed by atoms with Crippen molar-refractivity contribution in [2.45, 2.75) is 19.8 Å². The molecule has 2 rings (SSSR count). The standard InChI is InChI=1S/C12H12N2OS/c1-2-9-3-5-10(6-4-9)7-12(15)11-8-13-16-14-11/h3-6,8H,2,7H2,1H3. The normalized spacial score (nSPS) is 10.3. The summed E-state index contributed by atoms with van der Waals surface area (Å²) in [5, 5.41) is 0. The highest BCUT2D eigenvalue weighted by molar-refractivity contribution is 6.99. The van der Waals surface area contributed by atoms with Crippen molar-refractivity contribution in [1.29, 1.82) is 0 Å². The van der Waals surface area contributed by atoms with Crippen molar-refractivity contribution < 1.29 is 4.79 Å². The molecule has 1 heterocycles. The van der Waals surface area contributed by atoms with Gasteiger partial charge in [0.05, 0.1) is 17.9 Å². The van der Waals surface area contributed by atoms with Gasteiger partial charge < -0.3 is 0 Å². The van der Waals surface area contributed by atoms with Crippen LogP contribution in [0.4, 0.5) is 0 Å². The van der Waals surface area contributed by atoms with E-state index >= 15 is 0 Å². The maximum atomic E-state index is 11.7. The van der Waals surface area contributed by atoms with Gasteiger partial charge in [-0.05, 0) is 17.5 Å². The molecule has 16 heavy (non-hydrogen) atoms. The van der Waals surface area contributed by atoms with Crippen LogP contribution in [0, 0.1) is 0 Å². The summed E-state index contributed by atoms with van der Waals surface area (Å²) in [6.45, 7) is 2.11. The summed E-state index contributed by atoms with van der Waals surface area (Å²) >= 11 is 1.06. The van der Waals surface area contributed by atoms with Crippen LogP contribution in [0.5, 0.6) is 0 Å². The van der Waals surface area contributed by atoms with E-state index in [1.807, 2.05) is 12.1 Å². The van der Waals surface area contributed by atoms with Crippen molar-refractivity contribution in [2.24, 2.45) is 0 Å². The van der Waals surface area contributed by atoms with Gasteiger partial charge >= 0.3 is 0 Å². The van der Waals surface area contributed by atoms with E-state index in [9.17, 15) is 4.79 Å². The summed E-state index contributed by atoms with van der Waals surface area (Å²) in [6.07, 6.45) is 2.94. The molecule has 82 valence electrons. The van der Waals surface area contributed by atoms with Crippen LogP contribution in [0.3, 0.4) is 0 Å². The van der Waals surface area contributed by atoms with Gasteiger partial charge in [-0.3, -0.25) is 4.79 Å². The van der Waals surface area contributed by atoms with E-state index in [4.69, 9.17) is 0 Å². The zero-order valence-electron chi connectivity index (χ0n) is 9.01. The number of benzene rings is 1. The zero-order chi connectivity index (χ0) is 11.4. The molecule has 0 aliphatic rings. The molecule has 1 aromatic carbocycles. The summed E-state index contributed by atoms with van der Waals surface area (Å²) in [5.41, 5.74) is 2.77. The van der Waals surface area contributed by atoms with Crippen molar-refractivity contribution in [3.05, 3.63) is 47.3 Å². The third-order valence-electron chi connectivity index (χ3n) is 2.44. The quantitative estimate of drug-likeness (QED) is 0.761. The summed E-state index contributed by atoms with van der Waals surface area (Å²) in [7, 11) is 0. The predicted octanol–water partition coefficient (Wildman–Crippen LogP) is 2.53.